The minimum atomic E-state index is -0.912. The van der Waals surface area contributed by atoms with Gasteiger partial charge in [0.2, 0.25) is 0 Å². The predicted molar refractivity (Wildman–Crippen MR) is 86.8 cm³/mol. The number of imidazole rings is 1. The molecule has 116 valence electrons. The van der Waals surface area contributed by atoms with E-state index in [4.69, 9.17) is 5.73 Å². The molecular weight excluding hydrogens is 292 g/mol. The monoisotopic (exact) mass is 308 g/mol. The van der Waals surface area contributed by atoms with E-state index in [1.807, 2.05) is 36.4 Å². The molecule has 0 aliphatic rings. The van der Waals surface area contributed by atoms with E-state index in [9.17, 15) is 9.90 Å². The fraction of sp³-hybridized carbons (Fsp3) is 0.118. The third-order valence-corrected chi connectivity index (χ3v) is 3.60. The molecule has 23 heavy (non-hydrogen) atoms. The van der Waals surface area contributed by atoms with Gasteiger partial charge in [-0.15, -0.1) is 0 Å². The Balaban J connectivity index is 1.86. The van der Waals surface area contributed by atoms with Crippen molar-refractivity contribution in [3.8, 4) is 11.3 Å². The standard InChI is InChI=1S/C17H16N4O2/c18-15-7-6-12(9-19-15)14-10-20-16(21-14)13(17(22)23)8-11-4-2-1-3-5-11/h1-7,9-10,13H,8H2,(H2,18,19)(H,20,21)(H,22,23). The molecule has 3 aromatic rings. The van der Waals surface area contributed by atoms with Gasteiger partial charge in [0.1, 0.15) is 17.6 Å². The fourth-order valence-electron chi connectivity index (χ4n) is 2.38. The zero-order valence-corrected chi connectivity index (χ0v) is 12.3. The molecule has 0 spiro atoms. The van der Waals surface area contributed by atoms with Crippen LogP contribution < -0.4 is 5.73 Å². The molecule has 0 radical (unpaired) electrons. The van der Waals surface area contributed by atoms with E-state index >= 15 is 0 Å². The highest BCUT2D eigenvalue weighted by molar-refractivity contribution is 5.75. The van der Waals surface area contributed by atoms with Gasteiger partial charge >= 0.3 is 5.97 Å². The Morgan fingerprint density at radius 3 is 2.57 bits per heavy atom. The average Bonchev–Trinajstić information content (AvgIpc) is 3.03. The Bertz CT molecular complexity index is 797. The summed E-state index contributed by atoms with van der Waals surface area (Å²) < 4.78 is 0. The number of carbonyl (C=O) groups is 1. The quantitative estimate of drug-likeness (QED) is 0.671. The lowest BCUT2D eigenvalue weighted by atomic mass is 9.99. The minimum Gasteiger partial charge on any atom is -0.481 e. The highest BCUT2D eigenvalue weighted by Gasteiger charge is 2.23. The summed E-state index contributed by atoms with van der Waals surface area (Å²) in [6, 6.07) is 13.0. The molecule has 6 heteroatoms. The van der Waals surface area contributed by atoms with Gasteiger partial charge in [-0.25, -0.2) is 9.97 Å². The fourth-order valence-corrected chi connectivity index (χ4v) is 2.38. The van der Waals surface area contributed by atoms with Gasteiger partial charge in [0, 0.05) is 11.8 Å². The number of hydrogen-bond donors (Lipinski definition) is 3. The van der Waals surface area contributed by atoms with Gasteiger partial charge in [0.25, 0.3) is 0 Å². The first-order valence-electron chi connectivity index (χ1n) is 7.17. The van der Waals surface area contributed by atoms with E-state index in [0.717, 1.165) is 11.1 Å². The number of H-pyrrole nitrogens is 1. The number of aliphatic carboxylic acids is 1. The summed E-state index contributed by atoms with van der Waals surface area (Å²) >= 11 is 0. The van der Waals surface area contributed by atoms with Gasteiger partial charge in [-0.05, 0) is 24.1 Å². The molecule has 2 aromatic heterocycles. The molecule has 0 fully saturated rings. The number of aromatic amines is 1. The van der Waals surface area contributed by atoms with E-state index < -0.39 is 11.9 Å². The van der Waals surface area contributed by atoms with Crippen LogP contribution in [0.3, 0.4) is 0 Å². The third kappa shape index (κ3) is 3.37. The first-order valence-corrected chi connectivity index (χ1v) is 7.17. The molecule has 0 saturated carbocycles. The molecule has 3 rings (SSSR count). The molecule has 0 saturated heterocycles. The van der Waals surface area contributed by atoms with E-state index in [0.29, 0.717) is 23.8 Å². The van der Waals surface area contributed by atoms with E-state index in [1.165, 1.54) is 0 Å². The number of carboxylic acids is 1. The van der Waals surface area contributed by atoms with Crippen molar-refractivity contribution >= 4 is 11.8 Å². The molecule has 0 aliphatic heterocycles. The summed E-state index contributed by atoms with van der Waals surface area (Å²) in [5.74, 6) is -0.785. The van der Waals surface area contributed by atoms with Crippen molar-refractivity contribution in [3.05, 3.63) is 66.2 Å². The molecular formula is C17H16N4O2. The maximum atomic E-state index is 11.6. The van der Waals surface area contributed by atoms with Crippen LogP contribution in [0.25, 0.3) is 11.3 Å². The number of hydrogen-bond acceptors (Lipinski definition) is 4. The summed E-state index contributed by atoms with van der Waals surface area (Å²) in [6.45, 7) is 0. The summed E-state index contributed by atoms with van der Waals surface area (Å²) in [5, 5.41) is 9.52. The molecule has 0 bridgehead atoms. The maximum Gasteiger partial charge on any atom is 0.314 e. The zero-order valence-electron chi connectivity index (χ0n) is 12.3. The van der Waals surface area contributed by atoms with Crippen LogP contribution >= 0.6 is 0 Å². The number of rotatable bonds is 5. The molecule has 4 N–H and O–H groups in total. The minimum absolute atomic E-state index is 0.378. The van der Waals surface area contributed by atoms with Crippen molar-refractivity contribution in [2.45, 2.75) is 12.3 Å². The molecule has 2 heterocycles. The van der Waals surface area contributed by atoms with Crippen LogP contribution in [0.5, 0.6) is 0 Å². The van der Waals surface area contributed by atoms with Crippen LogP contribution in [0.1, 0.15) is 17.3 Å². The lowest BCUT2D eigenvalue weighted by Gasteiger charge is -2.09. The Labute approximate surface area is 133 Å². The molecule has 1 unspecified atom stereocenters. The number of aromatic nitrogens is 3. The van der Waals surface area contributed by atoms with Crippen molar-refractivity contribution in [1.82, 2.24) is 15.0 Å². The van der Waals surface area contributed by atoms with Crippen LogP contribution in [-0.2, 0) is 11.2 Å². The second-order valence-corrected chi connectivity index (χ2v) is 5.23. The second-order valence-electron chi connectivity index (χ2n) is 5.23. The number of carboxylic acid groups (broad SMARTS) is 1. The van der Waals surface area contributed by atoms with Crippen LogP contribution in [-0.4, -0.2) is 26.0 Å². The molecule has 0 aliphatic carbocycles. The Morgan fingerprint density at radius 2 is 1.91 bits per heavy atom. The number of nitrogen functional groups attached to an aromatic ring is 1. The van der Waals surface area contributed by atoms with Gasteiger partial charge in [-0.2, -0.15) is 0 Å². The average molecular weight is 308 g/mol. The van der Waals surface area contributed by atoms with Crippen molar-refractivity contribution < 1.29 is 9.90 Å². The Morgan fingerprint density at radius 1 is 1.13 bits per heavy atom. The van der Waals surface area contributed by atoms with Crippen LogP contribution in [0.2, 0.25) is 0 Å². The predicted octanol–water partition coefficient (Wildman–Crippen LogP) is 2.46. The summed E-state index contributed by atoms with van der Waals surface area (Å²) in [7, 11) is 0. The highest BCUT2D eigenvalue weighted by Crippen LogP contribution is 2.23. The van der Waals surface area contributed by atoms with Crippen LogP contribution in [0.15, 0.2) is 54.9 Å². The Kier molecular flexibility index (Phi) is 4.05. The number of nitrogens with zero attached hydrogens (tertiary/aromatic N) is 2. The van der Waals surface area contributed by atoms with Gasteiger partial charge in [0.05, 0.1) is 11.9 Å². The molecule has 6 nitrogen and oxygen atoms in total. The van der Waals surface area contributed by atoms with E-state index in [2.05, 4.69) is 15.0 Å². The van der Waals surface area contributed by atoms with Crippen molar-refractivity contribution in [1.29, 1.82) is 0 Å². The van der Waals surface area contributed by atoms with Crippen molar-refractivity contribution in [3.63, 3.8) is 0 Å². The van der Waals surface area contributed by atoms with Crippen LogP contribution in [0, 0.1) is 0 Å². The van der Waals surface area contributed by atoms with Crippen LogP contribution in [0.4, 0.5) is 5.82 Å². The van der Waals surface area contributed by atoms with Crippen molar-refractivity contribution in [2.75, 3.05) is 5.73 Å². The second kappa shape index (κ2) is 6.31. The van der Waals surface area contributed by atoms with Crippen molar-refractivity contribution in [2.24, 2.45) is 0 Å². The Hall–Kier alpha value is -3.15. The highest BCUT2D eigenvalue weighted by atomic mass is 16.4. The van der Waals surface area contributed by atoms with Gasteiger partial charge in [0.15, 0.2) is 0 Å². The largest absolute Gasteiger partial charge is 0.481 e. The third-order valence-electron chi connectivity index (χ3n) is 3.60. The lowest BCUT2D eigenvalue weighted by molar-refractivity contribution is -0.138. The topological polar surface area (TPSA) is 105 Å². The van der Waals surface area contributed by atoms with E-state index in [-0.39, 0.29) is 0 Å². The normalized spacial score (nSPS) is 12.0. The first kappa shape index (κ1) is 14.8. The number of nitrogens with one attached hydrogen (secondary N) is 1. The molecule has 1 atom stereocenters. The molecule has 0 amide bonds. The first-order chi connectivity index (χ1) is 11.1. The summed E-state index contributed by atoms with van der Waals surface area (Å²) in [5.41, 5.74) is 8.04. The van der Waals surface area contributed by atoms with Gasteiger partial charge in [-0.1, -0.05) is 30.3 Å². The number of pyridine rings is 1. The lowest BCUT2D eigenvalue weighted by Crippen LogP contribution is -2.16. The van der Waals surface area contributed by atoms with Gasteiger partial charge < -0.3 is 15.8 Å². The molecule has 1 aromatic carbocycles. The smallest absolute Gasteiger partial charge is 0.314 e. The SMILES string of the molecule is Nc1ccc(-c2cnc(C(Cc3ccccc3)C(=O)O)[nH]2)cn1. The summed E-state index contributed by atoms with van der Waals surface area (Å²) in [4.78, 5) is 22.9. The van der Waals surface area contributed by atoms with E-state index in [1.54, 1.807) is 18.5 Å². The number of benzene rings is 1. The number of nitrogens with two attached hydrogens (primary N) is 1. The van der Waals surface area contributed by atoms with Gasteiger partial charge in [-0.3, -0.25) is 4.79 Å². The summed E-state index contributed by atoms with van der Waals surface area (Å²) in [6.07, 6.45) is 3.62. The zero-order chi connectivity index (χ0) is 16.2. The number of anilines is 1. The maximum absolute atomic E-state index is 11.6.